The summed E-state index contributed by atoms with van der Waals surface area (Å²) in [5, 5.41) is 3.58. The first-order valence-corrected chi connectivity index (χ1v) is 9.37. The van der Waals surface area contributed by atoms with Gasteiger partial charge in [0.1, 0.15) is 0 Å². The number of hydrogen-bond donors (Lipinski definition) is 1. The molecule has 0 spiro atoms. The Morgan fingerprint density at radius 1 is 0.810 bits per heavy atom. The van der Waals surface area contributed by atoms with Gasteiger partial charge in [0, 0.05) is 13.2 Å². The second kappa shape index (κ2) is 13.6. The summed E-state index contributed by atoms with van der Waals surface area (Å²) >= 11 is 0. The average Bonchev–Trinajstić information content (AvgIpc) is 2.48. The van der Waals surface area contributed by atoms with Crippen molar-refractivity contribution in [2.24, 2.45) is 0 Å². The van der Waals surface area contributed by atoms with Crippen molar-refractivity contribution in [3.05, 3.63) is 0 Å². The first-order chi connectivity index (χ1) is 10.1. The Morgan fingerprint density at radius 2 is 1.29 bits per heavy atom. The van der Waals surface area contributed by atoms with Crippen molar-refractivity contribution in [3.63, 3.8) is 0 Å². The lowest BCUT2D eigenvalue weighted by molar-refractivity contribution is -0.0127. The summed E-state index contributed by atoms with van der Waals surface area (Å²) in [7, 11) is 1.82. The van der Waals surface area contributed by atoms with Crippen molar-refractivity contribution in [1.29, 1.82) is 0 Å². The number of nitrogens with one attached hydrogen (secondary N) is 1. The third kappa shape index (κ3) is 11.2. The van der Waals surface area contributed by atoms with Gasteiger partial charge in [-0.15, -0.1) is 0 Å². The monoisotopic (exact) mass is 299 g/mol. The average molecular weight is 300 g/mol. The minimum Gasteiger partial charge on any atom is -0.377 e. The van der Waals surface area contributed by atoms with E-state index in [4.69, 9.17) is 4.74 Å². The molecule has 0 aromatic carbocycles. The molecule has 2 heteroatoms. The molecule has 0 amide bonds. The number of ether oxygens (including phenoxy) is 1. The number of methoxy groups -OCH3 is 1. The molecule has 0 bridgehead atoms. The van der Waals surface area contributed by atoms with Crippen LogP contribution in [0.15, 0.2) is 0 Å². The van der Waals surface area contributed by atoms with Gasteiger partial charge in [-0.2, -0.15) is 0 Å². The van der Waals surface area contributed by atoms with Crippen molar-refractivity contribution < 1.29 is 4.74 Å². The molecule has 0 saturated carbocycles. The molecule has 1 atom stereocenters. The van der Waals surface area contributed by atoms with E-state index in [0.29, 0.717) is 6.04 Å². The largest absolute Gasteiger partial charge is 0.377 e. The topological polar surface area (TPSA) is 21.3 Å². The molecule has 0 aromatic heterocycles. The van der Waals surface area contributed by atoms with Crippen molar-refractivity contribution in [3.8, 4) is 0 Å². The third-order valence-corrected chi connectivity index (χ3v) is 4.66. The van der Waals surface area contributed by atoms with Crippen molar-refractivity contribution in [2.45, 2.75) is 110 Å². The smallest absolute Gasteiger partial charge is 0.0774 e. The fraction of sp³-hybridized carbons (Fsp3) is 1.00. The highest BCUT2D eigenvalue weighted by Gasteiger charge is 2.27. The summed E-state index contributed by atoms with van der Waals surface area (Å²) in [6.07, 6.45) is 15.3. The lowest BCUT2D eigenvalue weighted by atomic mass is 9.93. The Kier molecular flexibility index (Phi) is 13.5. The number of hydrogen-bond acceptors (Lipinski definition) is 2. The first-order valence-electron chi connectivity index (χ1n) is 9.37. The standard InChI is InChI=1S/C19H41NO/c1-6-8-9-10-11-12-13-14-15-16-17-18(20-7-2)19(3,4)21-5/h18,20H,6-17H2,1-5H3. The maximum atomic E-state index is 5.63. The normalized spacial score (nSPS) is 13.6. The molecule has 0 aliphatic carbocycles. The van der Waals surface area contributed by atoms with Gasteiger partial charge in [0.15, 0.2) is 0 Å². The molecular weight excluding hydrogens is 258 g/mol. The highest BCUT2D eigenvalue weighted by Crippen LogP contribution is 2.20. The number of rotatable bonds is 15. The van der Waals surface area contributed by atoms with E-state index in [0.717, 1.165) is 6.54 Å². The van der Waals surface area contributed by atoms with E-state index in [2.05, 4.69) is 33.0 Å². The van der Waals surface area contributed by atoms with E-state index in [9.17, 15) is 0 Å². The van der Waals surface area contributed by atoms with E-state index in [1.165, 1.54) is 70.6 Å². The van der Waals surface area contributed by atoms with Crippen LogP contribution in [-0.2, 0) is 4.74 Å². The van der Waals surface area contributed by atoms with Crippen LogP contribution in [-0.4, -0.2) is 25.3 Å². The quantitative estimate of drug-likeness (QED) is 0.392. The van der Waals surface area contributed by atoms with Gasteiger partial charge < -0.3 is 10.1 Å². The SMILES string of the molecule is CCCCCCCCCCCCC(NCC)C(C)(C)OC. The molecule has 0 radical (unpaired) electrons. The van der Waals surface area contributed by atoms with Crippen LogP contribution in [0.5, 0.6) is 0 Å². The summed E-state index contributed by atoms with van der Waals surface area (Å²) in [4.78, 5) is 0. The summed E-state index contributed by atoms with van der Waals surface area (Å²) in [6.45, 7) is 9.87. The zero-order valence-electron chi connectivity index (χ0n) is 15.5. The maximum absolute atomic E-state index is 5.63. The van der Waals surface area contributed by atoms with Crippen molar-refractivity contribution in [2.75, 3.05) is 13.7 Å². The Labute approximate surface area is 134 Å². The fourth-order valence-electron chi connectivity index (χ4n) is 2.92. The van der Waals surface area contributed by atoms with E-state index in [1.54, 1.807) is 0 Å². The minimum absolute atomic E-state index is 0.0602. The van der Waals surface area contributed by atoms with Crippen LogP contribution in [0.25, 0.3) is 0 Å². The molecule has 0 saturated heterocycles. The summed E-state index contributed by atoms with van der Waals surface area (Å²) in [5.74, 6) is 0. The van der Waals surface area contributed by atoms with Crippen LogP contribution in [0, 0.1) is 0 Å². The number of unbranched alkanes of at least 4 members (excludes halogenated alkanes) is 9. The van der Waals surface area contributed by atoms with E-state index in [1.807, 2.05) is 7.11 Å². The van der Waals surface area contributed by atoms with Crippen LogP contribution in [0.3, 0.4) is 0 Å². The molecule has 1 unspecified atom stereocenters. The second-order valence-corrected chi connectivity index (χ2v) is 6.89. The van der Waals surface area contributed by atoms with Crippen molar-refractivity contribution in [1.82, 2.24) is 5.32 Å². The van der Waals surface area contributed by atoms with E-state index >= 15 is 0 Å². The summed E-state index contributed by atoms with van der Waals surface area (Å²) in [5.41, 5.74) is -0.0602. The van der Waals surface area contributed by atoms with Crippen LogP contribution in [0.4, 0.5) is 0 Å². The van der Waals surface area contributed by atoms with Crippen molar-refractivity contribution >= 4 is 0 Å². The zero-order chi connectivity index (χ0) is 16.0. The Bertz CT molecular complexity index is 216. The number of likely N-dealkylation sites (N-methyl/N-ethyl adjacent to an activating group) is 1. The van der Waals surface area contributed by atoms with Gasteiger partial charge in [-0.1, -0.05) is 78.1 Å². The molecule has 21 heavy (non-hydrogen) atoms. The lowest BCUT2D eigenvalue weighted by Crippen LogP contribution is -2.48. The van der Waals surface area contributed by atoms with Gasteiger partial charge in [-0.3, -0.25) is 0 Å². The van der Waals surface area contributed by atoms with Gasteiger partial charge in [0.25, 0.3) is 0 Å². The molecule has 0 fully saturated rings. The van der Waals surface area contributed by atoms with Gasteiger partial charge in [0.05, 0.1) is 5.60 Å². The molecule has 0 aliphatic heterocycles. The first kappa shape index (κ1) is 20.9. The Balaban J connectivity index is 3.54. The molecule has 2 nitrogen and oxygen atoms in total. The summed E-state index contributed by atoms with van der Waals surface area (Å²) in [6, 6.07) is 0.474. The molecule has 1 N–H and O–H groups in total. The highest BCUT2D eigenvalue weighted by atomic mass is 16.5. The minimum atomic E-state index is -0.0602. The van der Waals surface area contributed by atoms with Crippen LogP contribution < -0.4 is 5.32 Å². The molecule has 0 aliphatic rings. The fourth-order valence-corrected chi connectivity index (χ4v) is 2.92. The predicted octanol–water partition coefficient (Wildman–Crippen LogP) is 5.70. The molecule has 0 rings (SSSR count). The van der Waals surface area contributed by atoms with Gasteiger partial charge in [-0.05, 0) is 26.8 Å². The highest BCUT2D eigenvalue weighted by molar-refractivity contribution is 4.84. The van der Waals surface area contributed by atoms with E-state index < -0.39 is 0 Å². The predicted molar refractivity (Wildman–Crippen MR) is 95.0 cm³/mol. The summed E-state index contributed by atoms with van der Waals surface area (Å²) < 4.78 is 5.63. The zero-order valence-corrected chi connectivity index (χ0v) is 15.5. The lowest BCUT2D eigenvalue weighted by Gasteiger charge is -2.33. The van der Waals surface area contributed by atoms with E-state index in [-0.39, 0.29) is 5.60 Å². The van der Waals surface area contributed by atoms with Gasteiger partial charge in [0.2, 0.25) is 0 Å². The molecule has 0 aromatic rings. The van der Waals surface area contributed by atoms with Crippen LogP contribution in [0.2, 0.25) is 0 Å². The maximum Gasteiger partial charge on any atom is 0.0774 e. The Morgan fingerprint density at radius 3 is 1.71 bits per heavy atom. The van der Waals surface area contributed by atoms with Crippen LogP contribution >= 0.6 is 0 Å². The Hall–Kier alpha value is -0.0800. The third-order valence-electron chi connectivity index (χ3n) is 4.66. The second-order valence-electron chi connectivity index (χ2n) is 6.89. The molecular formula is C19H41NO. The van der Waals surface area contributed by atoms with Gasteiger partial charge in [-0.25, -0.2) is 0 Å². The van der Waals surface area contributed by atoms with Gasteiger partial charge >= 0.3 is 0 Å². The molecule has 128 valence electrons. The molecule has 0 heterocycles. The van der Waals surface area contributed by atoms with Crippen LogP contribution in [0.1, 0.15) is 98.3 Å².